The van der Waals surface area contributed by atoms with Crippen molar-refractivity contribution in [1.29, 1.82) is 0 Å². The average Bonchev–Trinajstić information content (AvgIpc) is 3.09. The predicted octanol–water partition coefficient (Wildman–Crippen LogP) is 3.45. The van der Waals surface area contributed by atoms with Crippen LogP contribution in [0.5, 0.6) is 5.88 Å². The summed E-state index contributed by atoms with van der Waals surface area (Å²) >= 11 is 6.92. The van der Waals surface area contributed by atoms with Gasteiger partial charge in [0.1, 0.15) is 0 Å². The molecule has 0 saturated carbocycles. The topological polar surface area (TPSA) is 55.7 Å². The largest absolute Gasteiger partial charge is 0.478 e. The molecule has 0 atom stereocenters. The lowest BCUT2D eigenvalue weighted by molar-refractivity contribution is 0.327. The van der Waals surface area contributed by atoms with Gasteiger partial charge < -0.3 is 4.74 Å². The van der Waals surface area contributed by atoms with E-state index in [1.165, 1.54) is 0 Å². The Morgan fingerprint density at radius 3 is 2.95 bits per heavy atom. The van der Waals surface area contributed by atoms with Crippen LogP contribution in [-0.2, 0) is 0 Å². The van der Waals surface area contributed by atoms with E-state index in [9.17, 15) is 0 Å². The van der Waals surface area contributed by atoms with Crippen LogP contribution in [0, 0.1) is 4.77 Å². The number of aromatic nitrogens is 4. The lowest BCUT2D eigenvalue weighted by atomic mass is 10.4. The van der Waals surface area contributed by atoms with Crippen molar-refractivity contribution in [2.45, 2.75) is 6.92 Å². The van der Waals surface area contributed by atoms with Crippen molar-refractivity contribution in [3.63, 3.8) is 0 Å². The minimum atomic E-state index is 0.541. The Bertz CT molecular complexity index is 744. The van der Waals surface area contributed by atoms with Gasteiger partial charge >= 0.3 is 0 Å². The molecular formula is C13H12N4OS2. The lowest BCUT2D eigenvalue weighted by Crippen LogP contribution is -1.99. The first kappa shape index (κ1) is 13.0. The Morgan fingerprint density at radius 2 is 2.30 bits per heavy atom. The number of hydrogen-bond donors (Lipinski definition) is 1. The second-order valence-electron chi connectivity index (χ2n) is 3.95. The SMILES string of the molecule is CCOc1ccc(-n2c(-c3cccs3)n[nH]c2=S)cn1. The summed E-state index contributed by atoms with van der Waals surface area (Å²) in [6.07, 6.45) is 1.73. The van der Waals surface area contributed by atoms with E-state index in [1.54, 1.807) is 17.5 Å². The van der Waals surface area contributed by atoms with Gasteiger partial charge in [-0.1, -0.05) is 6.07 Å². The highest BCUT2D eigenvalue weighted by molar-refractivity contribution is 7.71. The highest BCUT2D eigenvalue weighted by atomic mass is 32.1. The first-order chi connectivity index (χ1) is 9.79. The molecule has 5 nitrogen and oxygen atoms in total. The molecule has 1 N–H and O–H groups in total. The van der Waals surface area contributed by atoms with E-state index < -0.39 is 0 Å². The number of ether oxygens (including phenoxy) is 1. The molecule has 7 heteroatoms. The summed E-state index contributed by atoms with van der Waals surface area (Å²) in [4.78, 5) is 5.31. The fourth-order valence-corrected chi connectivity index (χ4v) is 2.79. The highest BCUT2D eigenvalue weighted by Gasteiger charge is 2.11. The lowest BCUT2D eigenvalue weighted by Gasteiger charge is -2.06. The number of rotatable bonds is 4. The van der Waals surface area contributed by atoms with Gasteiger partial charge in [0, 0.05) is 6.07 Å². The molecule has 3 heterocycles. The third kappa shape index (κ3) is 2.37. The fourth-order valence-electron chi connectivity index (χ4n) is 1.85. The maximum atomic E-state index is 5.34. The van der Waals surface area contributed by atoms with E-state index in [2.05, 4.69) is 15.2 Å². The maximum absolute atomic E-state index is 5.34. The summed E-state index contributed by atoms with van der Waals surface area (Å²) in [7, 11) is 0. The van der Waals surface area contributed by atoms with Crippen molar-refractivity contribution in [2.24, 2.45) is 0 Å². The number of nitrogens with zero attached hydrogens (tertiary/aromatic N) is 3. The van der Waals surface area contributed by atoms with Crippen molar-refractivity contribution >= 4 is 23.6 Å². The van der Waals surface area contributed by atoms with Crippen LogP contribution in [0.1, 0.15) is 6.92 Å². The molecule has 3 rings (SSSR count). The second-order valence-corrected chi connectivity index (χ2v) is 5.29. The van der Waals surface area contributed by atoms with Crippen LogP contribution < -0.4 is 4.74 Å². The Balaban J connectivity index is 2.06. The molecule has 20 heavy (non-hydrogen) atoms. The van der Waals surface area contributed by atoms with Crippen LogP contribution in [0.15, 0.2) is 35.8 Å². The van der Waals surface area contributed by atoms with Gasteiger partial charge in [0.05, 0.1) is 23.4 Å². The van der Waals surface area contributed by atoms with Crippen molar-refractivity contribution in [3.8, 4) is 22.3 Å². The molecule has 0 aliphatic carbocycles. The zero-order valence-electron chi connectivity index (χ0n) is 10.7. The third-order valence-corrected chi connectivity index (χ3v) is 3.82. The molecule has 0 fully saturated rings. The summed E-state index contributed by atoms with van der Waals surface area (Å²) in [6.45, 7) is 2.52. The van der Waals surface area contributed by atoms with E-state index in [0.29, 0.717) is 17.3 Å². The van der Waals surface area contributed by atoms with E-state index in [0.717, 1.165) is 16.4 Å². The maximum Gasteiger partial charge on any atom is 0.213 e. The predicted molar refractivity (Wildman–Crippen MR) is 81.0 cm³/mol. The molecule has 0 spiro atoms. The van der Waals surface area contributed by atoms with Crippen LogP contribution in [0.25, 0.3) is 16.4 Å². The van der Waals surface area contributed by atoms with Gasteiger partial charge in [-0.3, -0.25) is 9.67 Å². The Hall–Kier alpha value is -1.99. The number of hydrogen-bond acceptors (Lipinski definition) is 5. The first-order valence-electron chi connectivity index (χ1n) is 6.10. The molecule has 0 unspecified atom stereocenters. The number of nitrogens with one attached hydrogen (secondary N) is 1. The van der Waals surface area contributed by atoms with Gasteiger partial charge in [-0.05, 0) is 36.7 Å². The van der Waals surface area contributed by atoms with Crippen molar-refractivity contribution < 1.29 is 4.74 Å². The van der Waals surface area contributed by atoms with Gasteiger partial charge in [-0.2, -0.15) is 5.10 Å². The molecule has 0 bridgehead atoms. The summed E-state index contributed by atoms with van der Waals surface area (Å²) in [5.41, 5.74) is 0.857. The molecule has 0 amide bonds. The fraction of sp³-hybridized carbons (Fsp3) is 0.154. The zero-order chi connectivity index (χ0) is 13.9. The molecule has 102 valence electrons. The summed E-state index contributed by atoms with van der Waals surface area (Å²) < 4.78 is 7.75. The van der Waals surface area contributed by atoms with Crippen LogP contribution in [0.2, 0.25) is 0 Å². The van der Waals surface area contributed by atoms with Gasteiger partial charge in [0.2, 0.25) is 5.88 Å². The van der Waals surface area contributed by atoms with Gasteiger partial charge in [0.25, 0.3) is 0 Å². The minimum Gasteiger partial charge on any atom is -0.478 e. The summed E-state index contributed by atoms with van der Waals surface area (Å²) in [5.74, 6) is 1.39. The number of pyridine rings is 1. The van der Waals surface area contributed by atoms with Crippen molar-refractivity contribution in [3.05, 3.63) is 40.6 Å². The molecular weight excluding hydrogens is 292 g/mol. The second kappa shape index (κ2) is 5.56. The number of aromatic amines is 1. The van der Waals surface area contributed by atoms with E-state index in [4.69, 9.17) is 17.0 Å². The zero-order valence-corrected chi connectivity index (χ0v) is 12.4. The van der Waals surface area contributed by atoms with E-state index in [1.807, 2.05) is 41.1 Å². The monoisotopic (exact) mass is 304 g/mol. The molecule has 0 saturated heterocycles. The molecule has 3 aromatic heterocycles. The highest BCUT2D eigenvalue weighted by Crippen LogP contribution is 2.25. The van der Waals surface area contributed by atoms with Gasteiger partial charge in [-0.25, -0.2) is 4.98 Å². The van der Waals surface area contributed by atoms with E-state index in [-0.39, 0.29) is 0 Å². The minimum absolute atomic E-state index is 0.541. The van der Waals surface area contributed by atoms with Gasteiger partial charge in [0.15, 0.2) is 10.6 Å². The third-order valence-electron chi connectivity index (χ3n) is 2.69. The normalized spacial score (nSPS) is 10.7. The van der Waals surface area contributed by atoms with E-state index >= 15 is 0 Å². The van der Waals surface area contributed by atoms with Gasteiger partial charge in [-0.15, -0.1) is 11.3 Å². The Labute approximate surface area is 124 Å². The summed E-state index contributed by atoms with van der Waals surface area (Å²) in [6, 6.07) is 7.73. The average molecular weight is 304 g/mol. The van der Waals surface area contributed by atoms with Crippen LogP contribution in [0.3, 0.4) is 0 Å². The first-order valence-corrected chi connectivity index (χ1v) is 7.39. The molecule has 3 aromatic rings. The van der Waals surface area contributed by atoms with Crippen molar-refractivity contribution in [1.82, 2.24) is 19.7 Å². The molecule has 0 radical (unpaired) electrons. The smallest absolute Gasteiger partial charge is 0.213 e. The number of thiophene rings is 1. The molecule has 0 aliphatic rings. The molecule has 0 aromatic carbocycles. The molecule has 0 aliphatic heterocycles. The van der Waals surface area contributed by atoms with Crippen molar-refractivity contribution in [2.75, 3.05) is 6.61 Å². The quantitative estimate of drug-likeness (QED) is 0.750. The standard InChI is InChI=1S/C13H12N4OS2/c1-2-18-11-6-5-9(8-14-11)17-12(15-16-13(17)19)10-4-3-7-20-10/h3-8H,2H2,1H3,(H,16,19). The van der Waals surface area contributed by atoms with Crippen LogP contribution in [0.4, 0.5) is 0 Å². The van der Waals surface area contributed by atoms with Crippen LogP contribution in [-0.4, -0.2) is 26.4 Å². The summed E-state index contributed by atoms with van der Waals surface area (Å²) in [5, 5.41) is 9.13. The number of H-pyrrole nitrogens is 1. The van der Waals surface area contributed by atoms with Crippen LogP contribution >= 0.6 is 23.6 Å². The Morgan fingerprint density at radius 1 is 1.40 bits per heavy atom. The Kier molecular flexibility index (Phi) is 3.62.